The molecule has 1 aliphatic carbocycles. The summed E-state index contributed by atoms with van der Waals surface area (Å²) in [7, 11) is 5.14. The summed E-state index contributed by atoms with van der Waals surface area (Å²) in [5.74, 6) is 0.837. The maximum Gasteiger partial charge on any atom is 0.317 e. The summed E-state index contributed by atoms with van der Waals surface area (Å²) in [6.07, 6.45) is 1.93. The number of hydrogen-bond donors (Lipinski definition) is 1. The lowest BCUT2D eigenvalue weighted by Crippen LogP contribution is -2.41. The van der Waals surface area contributed by atoms with E-state index in [0.29, 0.717) is 0 Å². The third-order valence-corrected chi connectivity index (χ3v) is 3.12. The molecule has 1 N–H and O–H groups in total. The van der Waals surface area contributed by atoms with Gasteiger partial charge in [-0.2, -0.15) is 0 Å². The van der Waals surface area contributed by atoms with E-state index in [1.54, 1.807) is 26.1 Å². The second-order valence-electron chi connectivity index (χ2n) is 4.61. The van der Waals surface area contributed by atoms with E-state index in [-0.39, 0.29) is 11.6 Å². The number of para-hydroxylation sites is 1. The predicted molar refractivity (Wildman–Crippen MR) is 66.1 cm³/mol. The first-order valence-corrected chi connectivity index (χ1v) is 5.72. The third-order valence-electron chi connectivity index (χ3n) is 3.12. The van der Waals surface area contributed by atoms with E-state index in [1.807, 2.05) is 24.3 Å². The van der Waals surface area contributed by atoms with Gasteiger partial charge in [0.2, 0.25) is 0 Å². The molecule has 0 saturated heterocycles. The van der Waals surface area contributed by atoms with Crippen LogP contribution in [-0.4, -0.2) is 32.1 Å². The van der Waals surface area contributed by atoms with E-state index in [0.717, 1.165) is 24.2 Å². The van der Waals surface area contributed by atoms with Crippen molar-refractivity contribution >= 4 is 6.03 Å². The Morgan fingerprint density at radius 3 is 2.53 bits per heavy atom. The van der Waals surface area contributed by atoms with Crippen molar-refractivity contribution < 1.29 is 9.53 Å². The molecule has 0 bridgehead atoms. The fourth-order valence-electron chi connectivity index (χ4n) is 1.94. The number of hydrogen-bond acceptors (Lipinski definition) is 2. The van der Waals surface area contributed by atoms with Crippen LogP contribution in [0.4, 0.5) is 4.79 Å². The average molecular weight is 234 g/mol. The van der Waals surface area contributed by atoms with Gasteiger partial charge in [0.05, 0.1) is 12.6 Å². The summed E-state index contributed by atoms with van der Waals surface area (Å²) in [6, 6.07) is 7.79. The number of nitrogens with one attached hydrogen (secondary N) is 1. The molecule has 0 heterocycles. The lowest BCUT2D eigenvalue weighted by Gasteiger charge is -2.22. The van der Waals surface area contributed by atoms with Crippen LogP contribution in [0.3, 0.4) is 0 Å². The maximum absolute atomic E-state index is 11.7. The summed E-state index contributed by atoms with van der Waals surface area (Å²) >= 11 is 0. The molecule has 92 valence electrons. The first-order valence-electron chi connectivity index (χ1n) is 5.72. The number of carbonyl (C=O) groups is 1. The molecule has 1 saturated carbocycles. The molecule has 1 aromatic rings. The second kappa shape index (κ2) is 4.28. The van der Waals surface area contributed by atoms with E-state index in [1.165, 1.54) is 0 Å². The molecule has 1 aliphatic rings. The highest BCUT2D eigenvalue weighted by atomic mass is 16.5. The monoisotopic (exact) mass is 234 g/mol. The van der Waals surface area contributed by atoms with Crippen molar-refractivity contribution in [1.29, 1.82) is 0 Å². The van der Waals surface area contributed by atoms with Crippen LogP contribution in [-0.2, 0) is 5.54 Å². The minimum atomic E-state index is -0.228. The second-order valence-corrected chi connectivity index (χ2v) is 4.61. The Balaban J connectivity index is 2.24. The van der Waals surface area contributed by atoms with Crippen LogP contribution in [0.15, 0.2) is 24.3 Å². The van der Waals surface area contributed by atoms with E-state index in [4.69, 9.17) is 4.74 Å². The van der Waals surface area contributed by atoms with Crippen molar-refractivity contribution in [3.8, 4) is 5.75 Å². The first-order chi connectivity index (χ1) is 8.09. The Kier molecular flexibility index (Phi) is 2.96. The van der Waals surface area contributed by atoms with Gasteiger partial charge in [-0.1, -0.05) is 18.2 Å². The molecule has 0 unspecified atom stereocenters. The standard InChI is InChI=1S/C13H18N2O2/c1-15(2)12(16)14-13(8-9-13)10-6-4-5-7-11(10)17-3/h4-7H,8-9H2,1-3H3,(H,14,16). The highest BCUT2D eigenvalue weighted by Gasteiger charge is 2.47. The fraction of sp³-hybridized carbons (Fsp3) is 0.462. The van der Waals surface area contributed by atoms with E-state index < -0.39 is 0 Å². The molecule has 2 rings (SSSR count). The van der Waals surface area contributed by atoms with Gasteiger partial charge in [-0.25, -0.2) is 4.79 Å². The van der Waals surface area contributed by atoms with E-state index in [2.05, 4.69) is 5.32 Å². The molecule has 0 aliphatic heterocycles. The molecule has 0 atom stereocenters. The number of rotatable bonds is 3. The molecular weight excluding hydrogens is 216 g/mol. The van der Waals surface area contributed by atoms with Crippen molar-refractivity contribution in [1.82, 2.24) is 10.2 Å². The third kappa shape index (κ3) is 2.20. The summed E-state index contributed by atoms with van der Waals surface area (Å²) in [5.41, 5.74) is 0.839. The molecule has 0 radical (unpaired) electrons. The van der Waals surface area contributed by atoms with Crippen molar-refractivity contribution in [2.75, 3.05) is 21.2 Å². The summed E-state index contributed by atoms with van der Waals surface area (Å²) in [6.45, 7) is 0. The van der Waals surface area contributed by atoms with Gasteiger partial charge in [0.1, 0.15) is 5.75 Å². The minimum Gasteiger partial charge on any atom is -0.496 e. The van der Waals surface area contributed by atoms with Gasteiger partial charge in [0.25, 0.3) is 0 Å². The van der Waals surface area contributed by atoms with Crippen molar-refractivity contribution in [3.63, 3.8) is 0 Å². The Morgan fingerprint density at radius 1 is 1.35 bits per heavy atom. The Bertz CT molecular complexity index is 425. The molecular formula is C13H18N2O2. The normalized spacial score (nSPS) is 16.2. The van der Waals surface area contributed by atoms with Gasteiger partial charge in [-0.15, -0.1) is 0 Å². The van der Waals surface area contributed by atoms with Crippen molar-refractivity contribution in [3.05, 3.63) is 29.8 Å². The number of benzene rings is 1. The number of ether oxygens (including phenoxy) is 1. The first kappa shape index (κ1) is 11.8. The highest BCUT2D eigenvalue weighted by Crippen LogP contribution is 2.48. The smallest absolute Gasteiger partial charge is 0.317 e. The minimum absolute atomic E-state index is 0.0617. The van der Waals surface area contributed by atoms with Crippen LogP contribution in [0, 0.1) is 0 Å². The Labute approximate surface area is 102 Å². The van der Waals surface area contributed by atoms with Crippen LogP contribution in [0.25, 0.3) is 0 Å². The van der Waals surface area contributed by atoms with E-state index in [9.17, 15) is 4.79 Å². The molecule has 1 aromatic carbocycles. The quantitative estimate of drug-likeness (QED) is 0.868. The highest BCUT2D eigenvalue weighted by molar-refractivity contribution is 5.75. The SMILES string of the molecule is COc1ccccc1C1(NC(=O)N(C)C)CC1. The lowest BCUT2D eigenvalue weighted by atomic mass is 10.0. The van der Waals surface area contributed by atoms with Gasteiger partial charge in [-0.05, 0) is 18.9 Å². The molecule has 0 spiro atoms. The predicted octanol–water partition coefficient (Wildman–Crippen LogP) is 1.96. The maximum atomic E-state index is 11.7. The summed E-state index contributed by atoms with van der Waals surface area (Å²) in [4.78, 5) is 13.3. The zero-order valence-corrected chi connectivity index (χ0v) is 10.5. The van der Waals surface area contributed by atoms with Crippen LogP contribution < -0.4 is 10.1 Å². The van der Waals surface area contributed by atoms with Gasteiger partial charge in [0, 0.05) is 19.7 Å². The molecule has 17 heavy (non-hydrogen) atoms. The number of methoxy groups -OCH3 is 1. The summed E-state index contributed by atoms with van der Waals surface area (Å²) < 4.78 is 5.35. The number of amides is 2. The van der Waals surface area contributed by atoms with Crippen LogP contribution in [0.2, 0.25) is 0 Å². The Hall–Kier alpha value is -1.71. The molecule has 4 heteroatoms. The summed E-state index contributed by atoms with van der Waals surface area (Å²) in [5, 5.41) is 3.06. The number of carbonyl (C=O) groups excluding carboxylic acids is 1. The molecule has 4 nitrogen and oxygen atoms in total. The number of nitrogens with zero attached hydrogens (tertiary/aromatic N) is 1. The van der Waals surface area contributed by atoms with Gasteiger partial charge >= 0.3 is 6.03 Å². The van der Waals surface area contributed by atoms with Gasteiger partial charge in [0.15, 0.2) is 0 Å². The largest absolute Gasteiger partial charge is 0.496 e. The topological polar surface area (TPSA) is 41.6 Å². The van der Waals surface area contributed by atoms with Crippen LogP contribution >= 0.6 is 0 Å². The fourth-order valence-corrected chi connectivity index (χ4v) is 1.94. The molecule has 2 amide bonds. The lowest BCUT2D eigenvalue weighted by molar-refractivity contribution is 0.211. The van der Waals surface area contributed by atoms with E-state index >= 15 is 0 Å². The molecule has 1 fully saturated rings. The van der Waals surface area contributed by atoms with Crippen LogP contribution in [0.1, 0.15) is 18.4 Å². The van der Waals surface area contributed by atoms with Crippen LogP contribution in [0.5, 0.6) is 5.75 Å². The molecule has 0 aromatic heterocycles. The van der Waals surface area contributed by atoms with Crippen molar-refractivity contribution in [2.24, 2.45) is 0 Å². The average Bonchev–Trinajstić information content (AvgIpc) is 3.09. The number of urea groups is 1. The van der Waals surface area contributed by atoms with Gasteiger partial charge in [-0.3, -0.25) is 0 Å². The zero-order valence-electron chi connectivity index (χ0n) is 10.5. The van der Waals surface area contributed by atoms with Crippen molar-refractivity contribution in [2.45, 2.75) is 18.4 Å². The van der Waals surface area contributed by atoms with Gasteiger partial charge < -0.3 is 15.0 Å². The zero-order chi connectivity index (χ0) is 12.5. The Morgan fingerprint density at radius 2 is 2.00 bits per heavy atom.